The van der Waals surface area contributed by atoms with Crippen LogP contribution in [0.1, 0.15) is 5.56 Å². The zero-order valence-corrected chi connectivity index (χ0v) is 18.7. The number of rotatable bonds is 4. The van der Waals surface area contributed by atoms with Gasteiger partial charge in [-0.1, -0.05) is 41.9 Å². The lowest BCUT2D eigenvalue weighted by atomic mass is 10.0. The maximum absolute atomic E-state index is 14.0. The quantitative estimate of drug-likeness (QED) is 0.599. The molecule has 3 aromatic carbocycles. The predicted molar refractivity (Wildman–Crippen MR) is 127 cm³/mol. The SMILES string of the molecule is O=C(CN1C(=O)[C@@]2(SCC(=O)N2c2cccc(F)c2)c2ccccc21)Nc1cccc(Cl)c1. The Morgan fingerprint density at radius 3 is 2.64 bits per heavy atom. The zero-order valence-electron chi connectivity index (χ0n) is 17.1. The molecular formula is C24H17ClFN3O3S. The van der Waals surface area contributed by atoms with E-state index in [1.54, 1.807) is 54.6 Å². The van der Waals surface area contributed by atoms with Gasteiger partial charge in [0.1, 0.15) is 12.4 Å². The van der Waals surface area contributed by atoms with Crippen LogP contribution in [0.3, 0.4) is 0 Å². The number of hydrogen-bond acceptors (Lipinski definition) is 4. The van der Waals surface area contributed by atoms with E-state index in [4.69, 9.17) is 11.6 Å². The van der Waals surface area contributed by atoms with Gasteiger partial charge in [0.2, 0.25) is 16.7 Å². The molecule has 3 amide bonds. The molecule has 2 heterocycles. The van der Waals surface area contributed by atoms with Crippen LogP contribution in [0.5, 0.6) is 0 Å². The van der Waals surface area contributed by atoms with Gasteiger partial charge in [-0.3, -0.25) is 24.2 Å². The lowest BCUT2D eigenvalue weighted by Crippen LogP contribution is -2.50. The summed E-state index contributed by atoms with van der Waals surface area (Å²) in [5, 5.41) is 3.22. The first-order valence-corrected chi connectivity index (χ1v) is 11.5. The van der Waals surface area contributed by atoms with Gasteiger partial charge < -0.3 is 5.32 Å². The van der Waals surface area contributed by atoms with Crippen molar-refractivity contribution in [2.24, 2.45) is 0 Å². The van der Waals surface area contributed by atoms with Crippen LogP contribution in [-0.4, -0.2) is 30.0 Å². The summed E-state index contributed by atoms with van der Waals surface area (Å²) in [5.41, 5.74) is 1.92. The first-order chi connectivity index (χ1) is 15.9. The third-order valence-corrected chi connectivity index (χ3v) is 7.16. The minimum atomic E-state index is -1.40. The lowest BCUT2D eigenvalue weighted by molar-refractivity contribution is -0.124. The van der Waals surface area contributed by atoms with Crippen LogP contribution in [-0.2, 0) is 19.3 Å². The number of para-hydroxylation sites is 1. The topological polar surface area (TPSA) is 69.7 Å². The van der Waals surface area contributed by atoms with E-state index in [9.17, 15) is 18.8 Å². The second-order valence-corrected chi connectivity index (χ2v) is 9.21. The highest BCUT2D eigenvalue weighted by atomic mass is 35.5. The number of benzene rings is 3. The Kier molecular flexibility index (Phi) is 5.34. The van der Waals surface area contributed by atoms with Gasteiger partial charge in [-0.05, 0) is 42.5 Å². The van der Waals surface area contributed by atoms with Crippen molar-refractivity contribution >= 4 is 58.1 Å². The number of thioether (sulfide) groups is 1. The monoisotopic (exact) mass is 481 g/mol. The van der Waals surface area contributed by atoms with E-state index in [0.717, 1.165) is 0 Å². The highest BCUT2D eigenvalue weighted by Crippen LogP contribution is 2.55. The van der Waals surface area contributed by atoms with Crippen LogP contribution in [0, 0.1) is 5.82 Å². The Bertz CT molecular complexity index is 1300. The molecule has 1 atom stereocenters. The summed E-state index contributed by atoms with van der Waals surface area (Å²) >= 11 is 7.16. The van der Waals surface area contributed by atoms with Crippen molar-refractivity contribution < 1.29 is 18.8 Å². The number of halogens is 2. The smallest absolute Gasteiger partial charge is 0.269 e. The van der Waals surface area contributed by atoms with Gasteiger partial charge in [0.25, 0.3) is 5.91 Å². The molecule has 1 spiro atoms. The average molecular weight is 482 g/mol. The molecule has 0 bridgehead atoms. The number of fused-ring (bicyclic) bond motifs is 2. The number of amides is 3. The normalized spacial score (nSPS) is 19.3. The van der Waals surface area contributed by atoms with Crippen LogP contribution >= 0.6 is 23.4 Å². The fraction of sp³-hybridized carbons (Fsp3) is 0.125. The van der Waals surface area contributed by atoms with Gasteiger partial charge in [-0.25, -0.2) is 4.39 Å². The first-order valence-electron chi connectivity index (χ1n) is 10.1. The molecule has 3 aromatic rings. The molecule has 2 aliphatic rings. The Morgan fingerprint density at radius 2 is 1.85 bits per heavy atom. The van der Waals surface area contributed by atoms with E-state index < -0.39 is 22.5 Å². The maximum atomic E-state index is 14.0. The minimum absolute atomic E-state index is 0.0547. The van der Waals surface area contributed by atoms with Gasteiger partial charge in [0, 0.05) is 22.0 Å². The van der Waals surface area contributed by atoms with Crippen molar-refractivity contribution in [2.75, 3.05) is 27.4 Å². The highest BCUT2D eigenvalue weighted by molar-refractivity contribution is 8.02. The van der Waals surface area contributed by atoms with Crippen molar-refractivity contribution in [1.82, 2.24) is 0 Å². The molecule has 166 valence electrons. The molecule has 1 N–H and O–H groups in total. The summed E-state index contributed by atoms with van der Waals surface area (Å²) in [6.07, 6.45) is 0. The molecule has 0 aromatic heterocycles. The number of carbonyl (C=O) groups excluding carboxylic acids is 3. The fourth-order valence-electron chi connectivity index (χ4n) is 4.24. The van der Waals surface area contributed by atoms with Crippen molar-refractivity contribution in [3.63, 3.8) is 0 Å². The van der Waals surface area contributed by atoms with Crippen LogP contribution in [0.15, 0.2) is 72.8 Å². The lowest BCUT2D eigenvalue weighted by Gasteiger charge is -2.33. The largest absolute Gasteiger partial charge is 0.324 e. The number of carbonyl (C=O) groups is 3. The Morgan fingerprint density at radius 1 is 1.06 bits per heavy atom. The number of nitrogens with one attached hydrogen (secondary N) is 1. The van der Waals surface area contributed by atoms with Gasteiger partial charge >= 0.3 is 0 Å². The minimum Gasteiger partial charge on any atom is -0.324 e. The standard InChI is InChI=1S/C24H17ClFN3O3S/c25-15-5-3-7-17(11-15)27-21(30)13-28-20-10-2-1-9-19(20)24(23(28)32)29(22(31)14-33-24)18-8-4-6-16(26)12-18/h1-12H,13-14H2,(H,27,30)/t24-/m0/s1. The molecule has 0 saturated carbocycles. The number of nitrogens with zero attached hydrogens (tertiary/aromatic N) is 2. The van der Waals surface area contributed by atoms with Crippen LogP contribution < -0.4 is 15.1 Å². The molecule has 9 heteroatoms. The van der Waals surface area contributed by atoms with Crippen LogP contribution in [0.2, 0.25) is 5.02 Å². The molecule has 1 fully saturated rings. The fourth-order valence-corrected chi connectivity index (χ4v) is 5.79. The van der Waals surface area contributed by atoms with E-state index >= 15 is 0 Å². The summed E-state index contributed by atoms with van der Waals surface area (Å²) in [4.78, 5) is 40.9. The third kappa shape index (κ3) is 3.55. The highest BCUT2D eigenvalue weighted by Gasteiger charge is 2.61. The summed E-state index contributed by atoms with van der Waals surface area (Å²) in [6.45, 7) is -0.254. The molecular weight excluding hydrogens is 465 g/mol. The Hall–Kier alpha value is -3.36. The van der Waals surface area contributed by atoms with Gasteiger partial charge in [0.05, 0.1) is 11.4 Å². The molecule has 6 nitrogen and oxygen atoms in total. The second-order valence-electron chi connectivity index (χ2n) is 7.61. The molecule has 0 aliphatic carbocycles. The van der Waals surface area contributed by atoms with Gasteiger partial charge in [0.15, 0.2) is 0 Å². The van der Waals surface area contributed by atoms with E-state index in [1.807, 2.05) is 0 Å². The summed E-state index contributed by atoms with van der Waals surface area (Å²) in [7, 11) is 0. The van der Waals surface area contributed by atoms with Crippen molar-refractivity contribution in [3.05, 3.63) is 89.2 Å². The molecule has 1 saturated heterocycles. The maximum Gasteiger partial charge on any atom is 0.269 e. The zero-order chi connectivity index (χ0) is 23.2. The van der Waals surface area contributed by atoms with E-state index in [0.29, 0.717) is 27.6 Å². The van der Waals surface area contributed by atoms with Gasteiger partial charge in [-0.2, -0.15) is 0 Å². The molecule has 0 radical (unpaired) electrons. The predicted octanol–water partition coefficient (Wildman–Crippen LogP) is 4.40. The van der Waals surface area contributed by atoms with E-state index in [2.05, 4.69) is 5.32 Å². The summed E-state index contributed by atoms with van der Waals surface area (Å²) < 4.78 is 14.0. The molecule has 2 aliphatic heterocycles. The first kappa shape index (κ1) is 21.5. The number of hydrogen-bond donors (Lipinski definition) is 1. The van der Waals surface area contributed by atoms with Crippen LogP contribution in [0.25, 0.3) is 0 Å². The Balaban J connectivity index is 1.52. The van der Waals surface area contributed by atoms with Crippen molar-refractivity contribution in [2.45, 2.75) is 4.87 Å². The van der Waals surface area contributed by atoms with Gasteiger partial charge in [-0.15, -0.1) is 11.8 Å². The summed E-state index contributed by atoms with van der Waals surface area (Å²) in [5.74, 6) is -1.60. The number of anilines is 3. The third-order valence-electron chi connectivity index (χ3n) is 5.54. The Labute approximate surface area is 198 Å². The van der Waals surface area contributed by atoms with E-state index in [1.165, 1.54) is 39.8 Å². The van der Waals surface area contributed by atoms with E-state index in [-0.39, 0.29) is 18.2 Å². The van der Waals surface area contributed by atoms with Crippen LogP contribution in [0.4, 0.5) is 21.5 Å². The average Bonchev–Trinajstić information content (AvgIpc) is 3.25. The second kappa shape index (κ2) is 8.20. The molecule has 5 rings (SSSR count). The molecule has 33 heavy (non-hydrogen) atoms. The van der Waals surface area contributed by atoms with Crippen molar-refractivity contribution in [1.29, 1.82) is 0 Å². The van der Waals surface area contributed by atoms with Crippen molar-refractivity contribution in [3.8, 4) is 0 Å². The summed E-state index contributed by atoms with van der Waals surface area (Å²) in [6, 6.07) is 19.3. The molecule has 0 unspecified atom stereocenters.